The summed E-state index contributed by atoms with van der Waals surface area (Å²) in [6, 6.07) is 0. The SMILES string of the molecule is CC1CCC(=O)C[C@@H]1C. The van der Waals surface area contributed by atoms with Crippen LogP contribution in [0.2, 0.25) is 0 Å². The molecular formula is C8H14O. The van der Waals surface area contributed by atoms with Crippen molar-refractivity contribution in [1.29, 1.82) is 0 Å². The van der Waals surface area contributed by atoms with Crippen LogP contribution in [-0.2, 0) is 4.79 Å². The molecule has 0 bridgehead atoms. The third-order valence-corrected chi connectivity index (χ3v) is 2.40. The third kappa shape index (κ3) is 1.54. The maximum absolute atomic E-state index is 10.8. The Morgan fingerprint density at radius 3 is 2.44 bits per heavy atom. The predicted molar refractivity (Wildman–Crippen MR) is 37.2 cm³/mol. The first-order chi connectivity index (χ1) is 4.20. The Morgan fingerprint density at radius 1 is 1.33 bits per heavy atom. The fourth-order valence-electron chi connectivity index (χ4n) is 1.34. The van der Waals surface area contributed by atoms with E-state index in [1.165, 1.54) is 0 Å². The van der Waals surface area contributed by atoms with E-state index in [1.807, 2.05) is 0 Å². The molecular weight excluding hydrogens is 112 g/mol. The summed E-state index contributed by atoms with van der Waals surface area (Å²) < 4.78 is 0. The number of ketones is 1. The Balaban J connectivity index is 2.44. The van der Waals surface area contributed by atoms with Crippen molar-refractivity contribution in [3.63, 3.8) is 0 Å². The van der Waals surface area contributed by atoms with Gasteiger partial charge in [0.25, 0.3) is 0 Å². The first-order valence-electron chi connectivity index (χ1n) is 3.72. The van der Waals surface area contributed by atoms with E-state index < -0.39 is 0 Å². The van der Waals surface area contributed by atoms with Crippen LogP contribution in [0, 0.1) is 11.8 Å². The molecule has 1 nitrogen and oxygen atoms in total. The normalized spacial score (nSPS) is 36.9. The molecule has 1 saturated carbocycles. The monoisotopic (exact) mass is 126 g/mol. The van der Waals surface area contributed by atoms with Gasteiger partial charge < -0.3 is 0 Å². The molecule has 0 aromatic carbocycles. The summed E-state index contributed by atoms with van der Waals surface area (Å²) in [6.07, 6.45) is 2.76. The molecule has 1 rings (SSSR count). The lowest BCUT2D eigenvalue weighted by molar-refractivity contribution is -0.122. The molecule has 1 fully saturated rings. The molecule has 1 aliphatic carbocycles. The van der Waals surface area contributed by atoms with Crippen molar-refractivity contribution in [3.8, 4) is 0 Å². The number of hydrogen-bond acceptors (Lipinski definition) is 1. The van der Waals surface area contributed by atoms with Gasteiger partial charge in [-0.3, -0.25) is 4.79 Å². The van der Waals surface area contributed by atoms with Gasteiger partial charge in [0, 0.05) is 12.8 Å². The minimum atomic E-state index is 0.459. The van der Waals surface area contributed by atoms with E-state index in [1.54, 1.807) is 0 Å². The van der Waals surface area contributed by atoms with Crippen molar-refractivity contribution < 1.29 is 4.79 Å². The lowest BCUT2D eigenvalue weighted by atomic mass is 9.81. The smallest absolute Gasteiger partial charge is 0.133 e. The van der Waals surface area contributed by atoms with Gasteiger partial charge in [0.15, 0.2) is 0 Å². The van der Waals surface area contributed by atoms with Gasteiger partial charge in [0.05, 0.1) is 0 Å². The summed E-state index contributed by atoms with van der Waals surface area (Å²) in [4.78, 5) is 10.8. The first-order valence-corrected chi connectivity index (χ1v) is 3.72. The van der Waals surface area contributed by atoms with Gasteiger partial charge in [0.1, 0.15) is 5.78 Å². The van der Waals surface area contributed by atoms with E-state index in [2.05, 4.69) is 13.8 Å². The fourth-order valence-corrected chi connectivity index (χ4v) is 1.34. The van der Waals surface area contributed by atoms with E-state index in [4.69, 9.17) is 0 Å². The molecule has 0 amide bonds. The van der Waals surface area contributed by atoms with Crippen molar-refractivity contribution in [1.82, 2.24) is 0 Å². The van der Waals surface area contributed by atoms with Gasteiger partial charge in [-0.1, -0.05) is 13.8 Å². The van der Waals surface area contributed by atoms with E-state index in [-0.39, 0.29) is 0 Å². The van der Waals surface area contributed by atoms with Crippen LogP contribution in [0.25, 0.3) is 0 Å². The molecule has 52 valence electrons. The van der Waals surface area contributed by atoms with Crippen molar-refractivity contribution in [2.45, 2.75) is 33.1 Å². The van der Waals surface area contributed by atoms with Crippen LogP contribution < -0.4 is 0 Å². The van der Waals surface area contributed by atoms with E-state index in [9.17, 15) is 4.79 Å². The van der Waals surface area contributed by atoms with Gasteiger partial charge in [-0.15, -0.1) is 0 Å². The zero-order valence-corrected chi connectivity index (χ0v) is 6.18. The highest BCUT2D eigenvalue weighted by molar-refractivity contribution is 5.79. The van der Waals surface area contributed by atoms with Crippen LogP contribution in [0.5, 0.6) is 0 Å². The molecule has 1 heteroatoms. The standard InChI is InChI=1S/C8H14O/c1-6-3-4-8(9)5-7(6)2/h6-7H,3-5H2,1-2H3/t6?,7-/m0/s1. The molecule has 0 N–H and O–H groups in total. The summed E-state index contributed by atoms with van der Waals surface area (Å²) in [6.45, 7) is 4.40. The maximum Gasteiger partial charge on any atom is 0.133 e. The Morgan fingerprint density at radius 2 is 2.00 bits per heavy atom. The fraction of sp³-hybridized carbons (Fsp3) is 0.875. The molecule has 0 aromatic heterocycles. The van der Waals surface area contributed by atoms with Gasteiger partial charge >= 0.3 is 0 Å². The van der Waals surface area contributed by atoms with E-state index in [0.29, 0.717) is 11.7 Å². The predicted octanol–water partition coefficient (Wildman–Crippen LogP) is 2.01. The molecule has 0 aromatic rings. The molecule has 0 saturated heterocycles. The molecule has 1 unspecified atom stereocenters. The average Bonchev–Trinajstić information content (AvgIpc) is 1.80. The lowest BCUT2D eigenvalue weighted by Crippen LogP contribution is -2.19. The number of carbonyl (C=O) groups is 1. The van der Waals surface area contributed by atoms with Gasteiger partial charge in [-0.2, -0.15) is 0 Å². The highest BCUT2D eigenvalue weighted by Crippen LogP contribution is 2.26. The van der Waals surface area contributed by atoms with E-state index >= 15 is 0 Å². The molecule has 0 aliphatic heterocycles. The number of carbonyl (C=O) groups excluding carboxylic acids is 1. The van der Waals surface area contributed by atoms with Crippen LogP contribution in [0.1, 0.15) is 33.1 Å². The van der Waals surface area contributed by atoms with E-state index in [0.717, 1.165) is 25.2 Å². The highest BCUT2D eigenvalue weighted by atomic mass is 16.1. The van der Waals surface area contributed by atoms with Crippen LogP contribution in [0.15, 0.2) is 0 Å². The summed E-state index contributed by atoms with van der Waals surface area (Å²) in [7, 11) is 0. The molecule has 2 atom stereocenters. The highest BCUT2D eigenvalue weighted by Gasteiger charge is 2.21. The van der Waals surface area contributed by atoms with Gasteiger partial charge in [0.2, 0.25) is 0 Å². The third-order valence-electron chi connectivity index (χ3n) is 2.40. The average molecular weight is 126 g/mol. The first kappa shape index (κ1) is 6.79. The minimum absolute atomic E-state index is 0.459. The Hall–Kier alpha value is -0.330. The topological polar surface area (TPSA) is 17.1 Å². The van der Waals surface area contributed by atoms with Crippen LogP contribution in [0.3, 0.4) is 0 Å². The van der Waals surface area contributed by atoms with Crippen LogP contribution in [0.4, 0.5) is 0 Å². The number of Topliss-reactive ketones (excluding diaryl/α,β-unsaturated/α-hetero) is 1. The minimum Gasteiger partial charge on any atom is -0.300 e. The maximum atomic E-state index is 10.8. The summed E-state index contributed by atoms with van der Waals surface area (Å²) in [5.41, 5.74) is 0. The molecule has 0 spiro atoms. The van der Waals surface area contributed by atoms with Crippen LogP contribution in [-0.4, -0.2) is 5.78 Å². The molecule has 9 heavy (non-hydrogen) atoms. The Labute approximate surface area is 56.4 Å². The summed E-state index contributed by atoms with van der Waals surface area (Å²) in [5, 5.41) is 0. The Bertz CT molecular complexity index is 118. The van der Waals surface area contributed by atoms with Crippen molar-refractivity contribution in [2.75, 3.05) is 0 Å². The Kier molecular flexibility index (Phi) is 1.89. The molecule has 0 heterocycles. The summed E-state index contributed by atoms with van der Waals surface area (Å²) in [5.74, 6) is 1.86. The quantitative estimate of drug-likeness (QED) is 0.485. The summed E-state index contributed by atoms with van der Waals surface area (Å²) >= 11 is 0. The molecule has 0 radical (unpaired) electrons. The lowest BCUT2D eigenvalue weighted by Gasteiger charge is -2.23. The zero-order chi connectivity index (χ0) is 6.85. The second kappa shape index (κ2) is 2.51. The molecule has 1 aliphatic rings. The zero-order valence-electron chi connectivity index (χ0n) is 6.18. The number of rotatable bonds is 0. The number of hydrogen-bond donors (Lipinski definition) is 0. The van der Waals surface area contributed by atoms with Crippen LogP contribution >= 0.6 is 0 Å². The largest absolute Gasteiger partial charge is 0.300 e. The van der Waals surface area contributed by atoms with Crippen molar-refractivity contribution >= 4 is 5.78 Å². The second-order valence-electron chi connectivity index (χ2n) is 3.24. The van der Waals surface area contributed by atoms with Gasteiger partial charge in [-0.05, 0) is 18.3 Å². The van der Waals surface area contributed by atoms with Crippen molar-refractivity contribution in [2.24, 2.45) is 11.8 Å². The second-order valence-corrected chi connectivity index (χ2v) is 3.24. The van der Waals surface area contributed by atoms with Gasteiger partial charge in [-0.25, -0.2) is 0 Å². The van der Waals surface area contributed by atoms with Crippen molar-refractivity contribution in [3.05, 3.63) is 0 Å².